The van der Waals surface area contributed by atoms with Crippen molar-refractivity contribution in [3.05, 3.63) is 99.6 Å². The molecule has 3 aromatic rings. The lowest BCUT2D eigenvalue weighted by molar-refractivity contribution is -0.384. The smallest absolute Gasteiger partial charge is 0.269 e. The summed E-state index contributed by atoms with van der Waals surface area (Å²) in [6.45, 7) is 0.891. The molecule has 0 bridgehead atoms. The van der Waals surface area contributed by atoms with E-state index in [2.05, 4.69) is 29.4 Å². The molecule has 5 rings (SSSR count). The Hall–Kier alpha value is -3.84. The van der Waals surface area contributed by atoms with Crippen LogP contribution in [-0.2, 0) is 11.3 Å². The van der Waals surface area contributed by atoms with Crippen molar-refractivity contribution in [1.82, 2.24) is 4.90 Å². The van der Waals surface area contributed by atoms with E-state index in [-0.39, 0.29) is 11.6 Å². The van der Waals surface area contributed by atoms with Gasteiger partial charge in [0.1, 0.15) is 5.92 Å². The Balaban J connectivity index is 1.48. The molecule has 0 radical (unpaired) electrons. The molecule has 2 aliphatic rings. The third-order valence-corrected chi connectivity index (χ3v) is 6.99. The van der Waals surface area contributed by atoms with Crippen LogP contribution in [0.2, 0.25) is 0 Å². The predicted octanol–water partition coefficient (Wildman–Crippen LogP) is 5.83. The van der Waals surface area contributed by atoms with Crippen LogP contribution in [-0.4, -0.2) is 34.5 Å². The first-order valence-corrected chi connectivity index (χ1v) is 12.0. The molecule has 1 atom stereocenters. The molecule has 1 amide bonds. The van der Waals surface area contributed by atoms with Gasteiger partial charge in [-0.25, -0.2) is 0 Å². The Bertz CT molecular complexity index is 1270. The number of nitrogens with zero attached hydrogens (tertiary/aromatic N) is 3. The Kier molecular flexibility index (Phi) is 6.42. The summed E-state index contributed by atoms with van der Waals surface area (Å²) < 4.78 is 0. The van der Waals surface area contributed by atoms with Gasteiger partial charge < -0.3 is 5.32 Å². The number of aliphatic imine (C=N–C) groups is 1. The van der Waals surface area contributed by atoms with E-state index in [9.17, 15) is 14.9 Å². The van der Waals surface area contributed by atoms with E-state index in [0.29, 0.717) is 23.0 Å². The maximum atomic E-state index is 13.1. The quantitative estimate of drug-likeness (QED) is 0.269. The average Bonchev–Trinajstić information content (AvgIpc) is 3.51. The minimum absolute atomic E-state index is 0.0478. The second-order valence-electron chi connectivity index (χ2n) is 9.33. The SMILES string of the molecule is CN(Cc1ccc(N=C(c2ccccc2)C2C(=O)Nc3ccc([N+](=O)[O-])cc32)cc1)C1CCCC1. The third kappa shape index (κ3) is 4.86. The topological polar surface area (TPSA) is 87.8 Å². The number of non-ortho nitro benzene ring substituents is 1. The molecular weight excluding hydrogens is 440 g/mol. The number of nitrogens with one attached hydrogen (secondary N) is 1. The van der Waals surface area contributed by atoms with Gasteiger partial charge in [0.2, 0.25) is 5.91 Å². The Labute approximate surface area is 204 Å². The normalized spacial score (nSPS) is 18.1. The summed E-state index contributed by atoms with van der Waals surface area (Å²) in [6.07, 6.45) is 5.16. The van der Waals surface area contributed by atoms with Crippen LogP contribution in [0.4, 0.5) is 17.1 Å². The maximum Gasteiger partial charge on any atom is 0.269 e. The molecule has 1 fully saturated rings. The van der Waals surface area contributed by atoms with Crippen LogP contribution in [0.25, 0.3) is 0 Å². The number of anilines is 1. The van der Waals surface area contributed by atoms with Crippen molar-refractivity contribution in [3.8, 4) is 0 Å². The first-order chi connectivity index (χ1) is 17.0. The van der Waals surface area contributed by atoms with Gasteiger partial charge in [-0.1, -0.05) is 55.3 Å². The predicted molar refractivity (Wildman–Crippen MR) is 137 cm³/mol. The van der Waals surface area contributed by atoms with Gasteiger partial charge in [-0.05, 0) is 49.2 Å². The molecule has 0 spiro atoms. The highest BCUT2D eigenvalue weighted by atomic mass is 16.6. The number of rotatable bonds is 7. The lowest BCUT2D eigenvalue weighted by Crippen LogP contribution is -2.28. The summed E-state index contributed by atoms with van der Waals surface area (Å²) in [5.74, 6) is -0.974. The number of hydrogen-bond donors (Lipinski definition) is 1. The maximum absolute atomic E-state index is 13.1. The lowest BCUT2D eigenvalue weighted by atomic mass is 9.90. The molecule has 1 aliphatic heterocycles. The van der Waals surface area contributed by atoms with Gasteiger partial charge >= 0.3 is 0 Å². The van der Waals surface area contributed by atoms with Gasteiger partial charge in [0, 0.05) is 36.0 Å². The number of hydrogen-bond acceptors (Lipinski definition) is 5. The highest BCUT2D eigenvalue weighted by Crippen LogP contribution is 2.38. The molecular formula is C28H28N4O3. The van der Waals surface area contributed by atoms with Crippen LogP contribution < -0.4 is 5.32 Å². The number of nitro benzene ring substituents is 1. The molecule has 1 aliphatic carbocycles. The average molecular weight is 469 g/mol. The van der Waals surface area contributed by atoms with Crippen LogP contribution in [0.15, 0.2) is 77.8 Å². The number of fused-ring (bicyclic) bond motifs is 1. The standard InChI is InChI=1S/C28H28N4O3/c1-31(22-9-5-6-10-22)18-19-11-13-21(14-12-19)29-27(20-7-3-2-4-8-20)26-24-17-23(32(34)35)15-16-25(24)30-28(26)33/h2-4,7-8,11-17,22,26H,5-6,9-10,18H2,1H3,(H,30,33). The highest BCUT2D eigenvalue weighted by Gasteiger charge is 2.36. The molecule has 0 aromatic heterocycles. The van der Waals surface area contributed by atoms with Gasteiger partial charge in [-0.3, -0.25) is 24.8 Å². The van der Waals surface area contributed by atoms with Crippen LogP contribution in [0, 0.1) is 10.1 Å². The highest BCUT2D eigenvalue weighted by molar-refractivity contribution is 6.24. The van der Waals surface area contributed by atoms with Gasteiger partial charge in [-0.2, -0.15) is 0 Å². The summed E-state index contributed by atoms with van der Waals surface area (Å²) in [5, 5.41) is 14.2. The Morgan fingerprint density at radius 3 is 2.46 bits per heavy atom. The van der Waals surface area contributed by atoms with Crippen molar-refractivity contribution in [2.24, 2.45) is 4.99 Å². The van der Waals surface area contributed by atoms with E-state index in [1.165, 1.54) is 43.4 Å². The summed E-state index contributed by atoms with van der Waals surface area (Å²) >= 11 is 0. The summed E-state index contributed by atoms with van der Waals surface area (Å²) in [6, 6.07) is 22.8. The summed E-state index contributed by atoms with van der Waals surface area (Å²) in [7, 11) is 2.19. The molecule has 1 saturated carbocycles. The molecule has 1 heterocycles. The number of carbonyl (C=O) groups excluding carboxylic acids is 1. The van der Waals surface area contributed by atoms with Crippen molar-refractivity contribution < 1.29 is 9.72 Å². The fraction of sp³-hybridized carbons (Fsp3) is 0.286. The van der Waals surface area contributed by atoms with Gasteiger partial charge in [0.15, 0.2) is 0 Å². The minimum atomic E-state index is -0.736. The Morgan fingerprint density at radius 1 is 1.06 bits per heavy atom. The van der Waals surface area contributed by atoms with Crippen molar-refractivity contribution >= 4 is 28.7 Å². The Morgan fingerprint density at radius 2 is 1.77 bits per heavy atom. The van der Waals surface area contributed by atoms with Crippen molar-refractivity contribution in [2.45, 2.75) is 44.2 Å². The van der Waals surface area contributed by atoms with E-state index in [4.69, 9.17) is 4.99 Å². The third-order valence-electron chi connectivity index (χ3n) is 6.99. The number of carbonyl (C=O) groups is 1. The number of benzene rings is 3. The second-order valence-corrected chi connectivity index (χ2v) is 9.33. The van der Waals surface area contributed by atoms with Crippen LogP contribution in [0.3, 0.4) is 0 Å². The van der Waals surface area contributed by atoms with E-state index in [1.54, 1.807) is 6.07 Å². The molecule has 3 aromatic carbocycles. The van der Waals surface area contributed by atoms with E-state index >= 15 is 0 Å². The summed E-state index contributed by atoms with van der Waals surface area (Å²) in [4.78, 5) is 31.3. The zero-order chi connectivity index (χ0) is 24.4. The fourth-order valence-corrected chi connectivity index (χ4v) is 5.12. The van der Waals surface area contributed by atoms with Gasteiger partial charge in [-0.15, -0.1) is 0 Å². The lowest BCUT2D eigenvalue weighted by Gasteiger charge is -2.24. The largest absolute Gasteiger partial charge is 0.325 e. The molecule has 7 heteroatoms. The summed E-state index contributed by atoms with van der Waals surface area (Å²) in [5.41, 5.74) is 4.44. The second kappa shape index (κ2) is 9.80. The molecule has 178 valence electrons. The van der Waals surface area contributed by atoms with E-state index in [1.807, 2.05) is 42.5 Å². The van der Waals surface area contributed by atoms with Gasteiger partial charge in [0.25, 0.3) is 5.69 Å². The van der Waals surface area contributed by atoms with Crippen molar-refractivity contribution in [2.75, 3.05) is 12.4 Å². The molecule has 7 nitrogen and oxygen atoms in total. The van der Waals surface area contributed by atoms with Crippen molar-refractivity contribution in [1.29, 1.82) is 0 Å². The molecule has 1 unspecified atom stereocenters. The van der Waals surface area contributed by atoms with E-state index in [0.717, 1.165) is 17.8 Å². The number of amides is 1. The van der Waals surface area contributed by atoms with Crippen LogP contribution in [0.1, 0.15) is 48.3 Å². The number of nitro groups is 1. The minimum Gasteiger partial charge on any atom is -0.325 e. The van der Waals surface area contributed by atoms with Crippen LogP contribution in [0.5, 0.6) is 0 Å². The van der Waals surface area contributed by atoms with Crippen LogP contribution >= 0.6 is 0 Å². The zero-order valence-electron chi connectivity index (χ0n) is 19.7. The molecule has 1 N–H and O–H groups in total. The molecule has 35 heavy (non-hydrogen) atoms. The van der Waals surface area contributed by atoms with E-state index < -0.39 is 10.8 Å². The van der Waals surface area contributed by atoms with Crippen molar-refractivity contribution in [3.63, 3.8) is 0 Å². The zero-order valence-corrected chi connectivity index (χ0v) is 19.7. The first-order valence-electron chi connectivity index (χ1n) is 12.0. The monoisotopic (exact) mass is 468 g/mol. The fourth-order valence-electron chi connectivity index (χ4n) is 5.12. The van der Waals surface area contributed by atoms with Gasteiger partial charge in [0.05, 0.1) is 16.3 Å². The molecule has 0 saturated heterocycles. The first kappa shape index (κ1) is 22.9.